The second-order valence-corrected chi connectivity index (χ2v) is 3.86. The summed E-state index contributed by atoms with van der Waals surface area (Å²) in [5.74, 6) is -1.13. The Bertz CT molecular complexity index is 640. The van der Waals surface area contributed by atoms with E-state index in [1.54, 1.807) is 0 Å². The first-order chi connectivity index (χ1) is 7.49. The predicted molar refractivity (Wildman–Crippen MR) is 61.0 cm³/mol. The van der Waals surface area contributed by atoms with Crippen molar-refractivity contribution in [2.24, 2.45) is 0 Å². The molecule has 1 heterocycles. The van der Waals surface area contributed by atoms with Crippen molar-refractivity contribution in [3.05, 3.63) is 45.4 Å². The molecule has 0 unspecified atom stereocenters. The van der Waals surface area contributed by atoms with E-state index in [0.29, 0.717) is 10.8 Å². The fraction of sp³-hybridized carbons (Fsp3) is 0.167. The zero-order valence-corrected chi connectivity index (χ0v) is 9.00. The number of H-pyrrole nitrogens is 1. The van der Waals surface area contributed by atoms with Crippen LogP contribution in [0.4, 0.5) is 0 Å². The molecule has 2 aromatic rings. The molecule has 1 aromatic carbocycles. The van der Waals surface area contributed by atoms with Crippen molar-refractivity contribution < 1.29 is 9.90 Å². The Morgan fingerprint density at radius 1 is 1.25 bits per heavy atom. The molecule has 4 heteroatoms. The zero-order chi connectivity index (χ0) is 11.9. The number of rotatable bonds is 1. The van der Waals surface area contributed by atoms with Crippen molar-refractivity contribution in [1.29, 1.82) is 0 Å². The monoisotopic (exact) mass is 217 g/mol. The van der Waals surface area contributed by atoms with E-state index in [-0.39, 0.29) is 11.3 Å². The number of carbonyl (C=O) groups is 1. The number of benzene rings is 1. The van der Waals surface area contributed by atoms with Gasteiger partial charge in [0.1, 0.15) is 5.69 Å². The van der Waals surface area contributed by atoms with Gasteiger partial charge in [0.05, 0.1) is 0 Å². The van der Waals surface area contributed by atoms with Crippen LogP contribution in [-0.2, 0) is 0 Å². The van der Waals surface area contributed by atoms with Gasteiger partial charge in [0.15, 0.2) is 0 Å². The van der Waals surface area contributed by atoms with E-state index in [1.165, 1.54) is 6.07 Å². The molecule has 2 rings (SSSR count). The summed E-state index contributed by atoms with van der Waals surface area (Å²) in [6, 6.07) is 5.20. The molecule has 0 radical (unpaired) electrons. The molecular weight excluding hydrogens is 206 g/mol. The van der Waals surface area contributed by atoms with Gasteiger partial charge in [-0.05, 0) is 30.9 Å². The summed E-state index contributed by atoms with van der Waals surface area (Å²) >= 11 is 0. The van der Waals surface area contributed by atoms with Gasteiger partial charge in [0.25, 0.3) is 5.56 Å². The minimum absolute atomic E-state index is 0.0810. The Hall–Kier alpha value is -2.10. The molecule has 0 fully saturated rings. The van der Waals surface area contributed by atoms with Crippen LogP contribution in [0.5, 0.6) is 0 Å². The third kappa shape index (κ3) is 1.58. The molecule has 0 bridgehead atoms. The van der Waals surface area contributed by atoms with E-state index in [0.717, 1.165) is 11.1 Å². The van der Waals surface area contributed by atoms with Crippen LogP contribution in [0.3, 0.4) is 0 Å². The van der Waals surface area contributed by atoms with E-state index in [9.17, 15) is 9.59 Å². The Morgan fingerprint density at radius 2 is 1.94 bits per heavy atom. The number of fused-ring (bicyclic) bond motifs is 1. The largest absolute Gasteiger partial charge is 0.477 e. The first-order valence-electron chi connectivity index (χ1n) is 4.86. The molecule has 0 spiro atoms. The van der Waals surface area contributed by atoms with Gasteiger partial charge in [-0.25, -0.2) is 4.79 Å². The van der Waals surface area contributed by atoms with Crippen LogP contribution in [0, 0.1) is 13.8 Å². The third-order valence-electron chi connectivity index (χ3n) is 2.52. The van der Waals surface area contributed by atoms with Gasteiger partial charge in [-0.3, -0.25) is 4.79 Å². The van der Waals surface area contributed by atoms with Gasteiger partial charge in [-0.1, -0.05) is 17.7 Å². The van der Waals surface area contributed by atoms with Crippen LogP contribution in [-0.4, -0.2) is 16.1 Å². The summed E-state index contributed by atoms with van der Waals surface area (Å²) in [5, 5.41) is 10.1. The number of nitrogens with one attached hydrogen (secondary N) is 1. The Balaban J connectivity index is 2.93. The van der Waals surface area contributed by atoms with E-state index in [1.807, 2.05) is 26.0 Å². The number of carboxylic acids is 1. The summed E-state index contributed by atoms with van der Waals surface area (Å²) in [6.45, 7) is 3.75. The molecule has 82 valence electrons. The quantitative estimate of drug-likeness (QED) is 0.765. The van der Waals surface area contributed by atoms with Crippen molar-refractivity contribution in [3.63, 3.8) is 0 Å². The molecule has 0 saturated heterocycles. The number of hydrogen-bond donors (Lipinski definition) is 2. The number of aromatic carboxylic acids is 1. The molecule has 0 aliphatic heterocycles. The molecule has 0 aliphatic carbocycles. The maximum Gasteiger partial charge on any atom is 0.352 e. The number of hydrogen-bond acceptors (Lipinski definition) is 2. The molecule has 16 heavy (non-hydrogen) atoms. The van der Waals surface area contributed by atoms with E-state index < -0.39 is 5.97 Å². The molecule has 2 N–H and O–H groups in total. The third-order valence-corrected chi connectivity index (χ3v) is 2.52. The normalized spacial score (nSPS) is 10.6. The fourth-order valence-corrected chi connectivity index (χ4v) is 1.92. The van der Waals surface area contributed by atoms with E-state index in [4.69, 9.17) is 5.11 Å². The Labute approximate surface area is 91.5 Å². The first kappa shape index (κ1) is 10.4. The number of aryl methyl sites for hydroxylation is 2. The zero-order valence-electron chi connectivity index (χ0n) is 9.00. The molecule has 1 aromatic heterocycles. The summed E-state index contributed by atoms with van der Waals surface area (Å²) < 4.78 is 0. The standard InChI is InChI=1S/C12H11NO3/c1-6-3-7(2)10-8(4-6)5-9(12(15)16)13-11(10)14/h3-5H,1-2H3,(H,13,14)(H,15,16). The van der Waals surface area contributed by atoms with E-state index in [2.05, 4.69) is 4.98 Å². The lowest BCUT2D eigenvalue weighted by molar-refractivity contribution is 0.0690. The van der Waals surface area contributed by atoms with Crippen LogP contribution in [0.1, 0.15) is 21.6 Å². The maximum atomic E-state index is 11.7. The summed E-state index contributed by atoms with van der Waals surface area (Å²) in [4.78, 5) is 24.9. The Morgan fingerprint density at radius 3 is 2.56 bits per heavy atom. The highest BCUT2D eigenvalue weighted by Crippen LogP contribution is 2.17. The second-order valence-electron chi connectivity index (χ2n) is 3.86. The molecule has 0 aliphatic rings. The fourth-order valence-electron chi connectivity index (χ4n) is 1.92. The van der Waals surface area contributed by atoms with Crippen molar-refractivity contribution in [1.82, 2.24) is 4.98 Å². The highest BCUT2D eigenvalue weighted by Gasteiger charge is 2.09. The van der Waals surface area contributed by atoms with Gasteiger partial charge in [0, 0.05) is 5.39 Å². The van der Waals surface area contributed by atoms with Crippen LogP contribution in [0.15, 0.2) is 23.0 Å². The van der Waals surface area contributed by atoms with Gasteiger partial charge in [-0.2, -0.15) is 0 Å². The lowest BCUT2D eigenvalue weighted by Crippen LogP contribution is -2.13. The van der Waals surface area contributed by atoms with Crippen molar-refractivity contribution in [2.45, 2.75) is 13.8 Å². The molecule has 0 saturated carbocycles. The summed E-state index contributed by atoms with van der Waals surface area (Å²) in [5.41, 5.74) is 1.43. The summed E-state index contributed by atoms with van der Waals surface area (Å²) in [7, 11) is 0. The maximum absolute atomic E-state index is 11.7. The second kappa shape index (κ2) is 3.48. The average Bonchev–Trinajstić information content (AvgIpc) is 2.15. The van der Waals surface area contributed by atoms with Crippen molar-refractivity contribution >= 4 is 16.7 Å². The summed E-state index contributed by atoms with van der Waals surface area (Å²) in [6.07, 6.45) is 0. The molecular formula is C12H11NO3. The van der Waals surface area contributed by atoms with Gasteiger partial charge < -0.3 is 10.1 Å². The molecule has 0 amide bonds. The number of aromatic amines is 1. The highest BCUT2D eigenvalue weighted by molar-refractivity contribution is 5.93. The van der Waals surface area contributed by atoms with Crippen molar-refractivity contribution in [3.8, 4) is 0 Å². The number of aromatic nitrogens is 1. The smallest absolute Gasteiger partial charge is 0.352 e. The lowest BCUT2D eigenvalue weighted by Gasteiger charge is -2.04. The van der Waals surface area contributed by atoms with Gasteiger partial charge in [0.2, 0.25) is 0 Å². The van der Waals surface area contributed by atoms with Crippen LogP contribution in [0.25, 0.3) is 10.8 Å². The van der Waals surface area contributed by atoms with Crippen LogP contribution < -0.4 is 5.56 Å². The molecule has 4 nitrogen and oxygen atoms in total. The van der Waals surface area contributed by atoms with Crippen molar-refractivity contribution in [2.75, 3.05) is 0 Å². The minimum Gasteiger partial charge on any atom is -0.477 e. The molecule has 0 atom stereocenters. The van der Waals surface area contributed by atoms with E-state index >= 15 is 0 Å². The topological polar surface area (TPSA) is 70.2 Å². The minimum atomic E-state index is -1.13. The van der Waals surface area contributed by atoms with Gasteiger partial charge in [-0.15, -0.1) is 0 Å². The lowest BCUT2D eigenvalue weighted by atomic mass is 10.0. The predicted octanol–water partition coefficient (Wildman–Crippen LogP) is 1.84. The first-order valence-corrected chi connectivity index (χ1v) is 4.86. The van der Waals surface area contributed by atoms with Crippen LogP contribution >= 0.6 is 0 Å². The highest BCUT2D eigenvalue weighted by atomic mass is 16.4. The number of carboxylic acid groups (broad SMARTS) is 1. The average molecular weight is 217 g/mol. The van der Waals surface area contributed by atoms with Crippen LogP contribution in [0.2, 0.25) is 0 Å². The van der Waals surface area contributed by atoms with Gasteiger partial charge >= 0.3 is 5.97 Å². The SMILES string of the molecule is Cc1cc(C)c2c(=O)[nH]c(C(=O)O)cc2c1. The Kier molecular flexibility index (Phi) is 2.27. The number of pyridine rings is 1.